The third-order valence-electron chi connectivity index (χ3n) is 13.1. The second-order valence-electron chi connectivity index (χ2n) is 15.5. The van der Waals surface area contributed by atoms with Crippen LogP contribution in [0.4, 0.5) is 0 Å². The standard InChI is InChI=1S/C30H52O4/c1-25(2)22(32)12-14-27(5)21-10-9-18-19(30(8)16-13-23(34-30)26(3,4)33)11-15-28(18,6)29(21,7)17-20(31)24(25)27/h18-24,31-33H,9-17H2,1-8H3. The molecule has 196 valence electrons. The summed E-state index contributed by atoms with van der Waals surface area (Å²) in [6.07, 6.45) is 8.83. The minimum Gasteiger partial charge on any atom is -0.393 e. The fraction of sp³-hybridized carbons (Fsp3) is 1.00. The van der Waals surface area contributed by atoms with E-state index in [9.17, 15) is 15.3 Å². The Kier molecular flexibility index (Phi) is 5.59. The second kappa shape index (κ2) is 7.45. The van der Waals surface area contributed by atoms with Crippen LogP contribution in [0, 0.1) is 45.3 Å². The Morgan fingerprint density at radius 1 is 0.765 bits per heavy atom. The summed E-state index contributed by atoms with van der Waals surface area (Å²) in [6, 6.07) is 0. The predicted molar refractivity (Wildman–Crippen MR) is 135 cm³/mol. The number of rotatable bonds is 2. The second-order valence-corrected chi connectivity index (χ2v) is 15.5. The lowest BCUT2D eigenvalue weighted by molar-refractivity contribution is -0.259. The van der Waals surface area contributed by atoms with E-state index in [2.05, 4.69) is 41.5 Å². The highest BCUT2D eigenvalue weighted by atomic mass is 16.5. The quantitative estimate of drug-likeness (QED) is 0.477. The topological polar surface area (TPSA) is 69.9 Å². The van der Waals surface area contributed by atoms with Crippen LogP contribution in [0.3, 0.4) is 0 Å². The van der Waals surface area contributed by atoms with Gasteiger partial charge in [0.05, 0.1) is 29.5 Å². The Morgan fingerprint density at radius 3 is 2.06 bits per heavy atom. The molecule has 0 aromatic carbocycles. The monoisotopic (exact) mass is 476 g/mol. The van der Waals surface area contributed by atoms with E-state index >= 15 is 0 Å². The third-order valence-corrected chi connectivity index (χ3v) is 13.1. The third kappa shape index (κ3) is 3.16. The average molecular weight is 477 g/mol. The Hall–Kier alpha value is -0.160. The van der Waals surface area contributed by atoms with Gasteiger partial charge in [-0.05, 0) is 124 Å². The Bertz CT molecular complexity index is 817. The molecule has 0 aromatic heterocycles. The summed E-state index contributed by atoms with van der Waals surface area (Å²) in [5, 5.41) is 33.3. The van der Waals surface area contributed by atoms with Crippen molar-refractivity contribution in [3.63, 3.8) is 0 Å². The van der Waals surface area contributed by atoms with E-state index in [1.807, 2.05) is 13.8 Å². The molecule has 5 aliphatic rings. The fourth-order valence-corrected chi connectivity index (χ4v) is 11.3. The molecule has 1 saturated heterocycles. The minimum absolute atomic E-state index is 0.0704. The van der Waals surface area contributed by atoms with Crippen LogP contribution in [0.5, 0.6) is 0 Å². The highest BCUT2D eigenvalue weighted by Gasteiger charge is 2.71. The molecule has 0 radical (unpaired) electrons. The lowest BCUT2D eigenvalue weighted by Gasteiger charge is -2.71. The highest BCUT2D eigenvalue weighted by molar-refractivity contribution is 5.20. The van der Waals surface area contributed by atoms with Crippen LogP contribution in [0.25, 0.3) is 0 Å². The number of hydrogen-bond acceptors (Lipinski definition) is 4. The van der Waals surface area contributed by atoms with E-state index in [4.69, 9.17) is 4.74 Å². The summed E-state index contributed by atoms with van der Waals surface area (Å²) in [7, 11) is 0. The van der Waals surface area contributed by atoms with Crippen molar-refractivity contribution in [3.8, 4) is 0 Å². The van der Waals surface area contributed by atoms with Crippen molar-refractivity contribution in [2.24, 2.45) is 45.3 Å². The molecule has 5 rings (SSSR count). The zero-order chi connectivity index (χ0) is 25.1. The molecular formula is C30H52O4. The molecule has 4 aliphatic carbocycles. The number of hydrogen-bond donors (Lipinski definition) is 3. The van der Waals surface area contributed by atoms with Crippen molar-refractivity contribution in [2.75, 3.05) is 0 Å². The van der Waals surface area contributed by atoms with Crippen LogP contribution in [0.2, 0.25) is 0 Å². The van der Waals surface area contributed by atoms with Gasteiger partial charge in [-0.3, -0.25) is 0 Å². The first-order valence-corrected chi connectivity index (χ1v) is 14.3. The first-order chi connectivity index (χ1) is 15.5. The molecule has 3 N–H and O–H groups in total. The maximum atomic E-state index is 11.8. The van der Waals surface area contributed by atoms with Gasteiger partial charge >= 0.3 is 0 Å². The average Bonchev–Trinajstić information content (AvgIpc) is 3.27. The SMILES string of the molecule is CC(C)(O)C1CCC(C)(C2CCC3(C)C2CCC2C4(C)CCC(O)C(C)(C)C4C(O)CC23C)O1. The first kappa shape index (κ1) is 25.5. The molecule has 0 aromatic rings. The molecule has 1 aliphatic heterocycles. The number of aliphatic hydroxyl groups excluding tert-OH is 2. The Balaban J connectivity index is 1.47. The van der Waals surface area contributed by atoms with Crippen molar-refractivity contribution >= 4 is 0 Å². The van der Waals surface area contributed by atoms with E-state index < -0.39 is 5.60 Å². The Labute approximate surface area is 208 Å². The highest BCUT2D eigenvalue weighted by Crippen LogP contribution is 2.76. The van der Waals surface area contributed by atoms with Gasteiger partial charge in [0, 0.05) is 0 Å². The van der Waals surface area contributed by atoms with E-state index in [0.717, 1.165) is 32.1 Å². The summed E-state index contributed by atoms with van der Waals surface area (Å²) in [5.74, 6) is 1.87. The van der Waals surface area contributed by atoms with Gasteiger partial charge in [0.25, 0.3) is 0 Å². The van der Waals surface area contributed by atoms with Crippen molar-refractivity contribution in [3.05, 3.63) is 0 Å². The van der Waals surface area contributed by atoms with Gasteiger partial charge in [0.2, 0.25) is 0 Å². The minimum atomic E-state index is -0.793. The molecule has 1 heterocycles. The number of ether oxygens (including phenoxy) is 1. The van der Waals surface area contributed by atoms with Gasteiger partial charge < -0.3 is 20.1 Å². The smallest absolute Gasteiger partial charge is 0.0865 e. The zero-order valence-corrected chi connectivity index (χ0v) is 23.2. The maximum Gasteiger partial charge on any atom is 0.0865 e. The van der Waals surface area contributed by atoms with E-state index in [1.165, 1.54) is 25.7 Å². The fourth-order valence-electron chi connectivity index (χ4n) is 11.3. The van der Waals surface area contributed by atoms with Crippen LogP contribution >= 0.6 is 0 Å². The van der Waals surface area contributed by atoms with Crippen LogP contribution < -0.4 is 0 Å². The molecule has 0 amide bonds. The predicted octanol–water partition coefficient (Wildman–Crippen LogP) is 5.71. The van der Waals surface area contributed by atoms with E-state index in [-0.39, 0.29) is 51.5 Å². The molecular weight excluding hydrogens is 424 g/mol. The van der Waals surface area contributed by atoms with Gasteiger partial charge in [0.1, 0.15) is 0 Å². The first-order valence-electron chi connectivity index (χ1n) is 14.3. The Morgan fingerprint density at radius 2 is 1.44 bits per heavy atom. The normalized spacial score (nSPS) is 57.1. The lowest BCUT2D eigenvalue weighted by Crippen LogP contribution is -2.68. The van der Waals surface area contributed by atoms with Crippen molar-refractivity contribution in [1.82, 2.24) is 0 Å². The van der Waals surface area contributed by atoms with Gasteiger partial charge in [-0.2, -0.15) is 0 Å². The van der Waals surface area contributed by atoms with Gasteiger partial charge in [-0.25, -0.2) is 0 Å². The number of aliphatic hydroxyl groups is 3. The van der Waals surface area contributed by atoms with Gasteiger partial charge in [0.15, 0.2) is 0 Å². The van der Waals surface area contributed by atoms with E-state index in [0.29, 0.717) is 17.8 Å². The van der Waals surface area contributed by atoms with Crippen molar-refractivity contribution in [1.29, 1.82) is 0 Å². The zero-order valence-electron chi connectivity index (χ0n) is 23.2. The van der Waals surface area contributed by atoms with Crippen molar-refractivity contribution in [2.45, 2.75) is 143 Å². The van der Waals surface area contributed by atoms with Crippen LogP contribution in [0.1, 0.15) is 113 Å². The maximum absolute atomic E-state index is 11.8. The molecule has 11 atom stereocenters. The molecule has 5 fully saturated rings. The van der Waals surface area contributed by atoms with Gasteiger partial charge in [-0.15, -0.1) is 0 Å². The summed E-state index contributed by atoms with van der Waals surface area (Å²) < 4.78 is 6.70. The van der Waals surface area contributed by atoms with Crippen molar-refractivity contribution < 1.29 is 20.1 Å². The molecule has 0 bridgehead atoms. The summed E-state index contributed by atoms with van der Waals surface area (Å²) in [5.41, 5.74) is -0.846. The molecule has 4 nitrogen and oxygen atoms in total. The van der Waals surface area contributed by atoms with E-state index in [1.54, 1.807) is 0 Å². The molecule has 4 saturated carbocycles. The summed E-state index contributed by atoms with van der Waals surface area (Å²) in [4.78, 5) is 0. The lowest BCUT2D eigenvalue weighted by atomic mass is 9.35. The van der Waals surface area contributed by atoms with Crippen LogP contribution in [-0.2, 0) is 4.74 Å². The molecule has 0 spiro atoms. The molecule has 11 unspecified atom stereocenters. The summed E-state index contributed by atoms with van der Waals surface area (Å²) >= 11 is 0. The largest absolute Gasteiger partial charge is 0.393 e. The number of fused-ring (bicyclic) bond motifs is 5. The molecule has 4 heteroatoms. The van der Waals surface area contributed by atoms with Gasteiger partial charge in [-0.1, -0.05) is 34.6 Å². The molecule has 34 heavy (non-hydrogen) atoms. The summed E-state index contributed by atoms with van der Waals surface area (Å²) in [6.45, 7) is 18.0. The van der Waals surface area contributed by atoms with Crippen LogP contribution in [-0.4, -0.2) is 44.8 Å². The van der Waals surface area contributed by atoms with Crippen LogP contribution in [0.15, 0.2) is 0 Å².